The summed E-state index contributed by atoms with van der Waals surface area (Å²) in [5.74, 6) is -1.34. The van der Waals surface area contributed by atoms with E-state index in [1.807, 2.05) is 24.5 Å². The second-order valence-corrected chi connectivity index (χ2v) is 16.0. The molecule has 4 aromatic rings. The van der Waals surface area contributed by atoms with Crippen LogP contribution in [0.1, 0.15) is 153 Å². The third-order valence-corrected chi connectivity index (χ3v) is 12.3. The molecular formula is C44H60N6O2-2. The molecule has 3 aliphatic rings. The fourth-order valence-electron chi connectivity index (χ4n) is 9.47. The van der Waals surface area contributed by atoms with E-state index in [-0.39, 0.29) is 11.3 Å². The molecular weight excluding hydrogens is 645 g/mol. The van der Waals surface area contributed by atoms with E-state index in [1.54, 1.807) is 0 Å². The van der Waals surface area contributed by atoms with Crippen LogP contribution >= 0.6 is 0 Å². The van der Waals surface area contributed by atoms with Gasteiger partial charge in [0.15, 0.2) is 0 Å². The zero-order chi connectivity index (χ0) is 36.3. The number of benzene rings is 2. The second kappa shape index (κ2) is 15.8. The Morgan fingerprint density at radius 1 is 0.481 bits per heavy atom. The topological polar surface area (TPSA) is 120 Å². The van der Waals surface area contributed by atoms with E-state index in [4.69, 9.17) is 9.97 Å². The van der Waals surface area contributed by atoms with Crippen molar-refractivity contribution in [3.8, 4) is 0 Å². The molecule has 0 bridgehead atoms. The van der Waals surface area contributed by atoms with Crippen LogP contribution in [0.2, 0.25) is 0 Å². The number of nitrogens with one attached hydrogen (secondary N) is 4. The lowest BCUT2D eigenvalue weighted by Crippen LogP contribution is -2.63. The zero-order valence-electron chi connectivity index (χ0n) is 32.0. The van der Waals surface area contributed by atoms with Crippen LogP contribution in [-0.2, 0) is 0 Å². The van der Waals surface area contributed by atoms with Crippen LogP contribution in [-0.4, -0.2) is 33.5 Å². The van der Waals surface area contributed by atoms with Crippen molar-refractivity contribution >= 4 is 44.6 Å². The molecule has 52 heavy (non-hydrogen) atoms. The number of hydrogen-bond acceptors (Lipinski definition) is 8. The predicted octanol–water partition coefficient (Wildman–Crippen LogP) is 9.51. The van der Waals surface area contributed by atoms with E-state index in [0.717, 1.165) is 107 Å². The van der Waals surface area contributed by atoms with E-state index < -0.39 is 24.0 Å². The molecule has 0 atom stereocenters. The lowest BCUT2D eigenvalue weighted by atomic mass is 9.62. The fourth-order valence-corrected chi connectivity index (χ4v) is 9.47. The Bertz CT molecular complexity index is 1650. The standard InChI is InChI=1S/C44H60N6O2/c1-5-9-13-23-43(24-14-10-6-2)47-31-19-17-29(39-37(31)33(49-43)21-27-45-39)35-41(51)36(42(35)52)30-18-20-32-38-34(22-28-46-40(30)38)50-44(48-32,25-15-11-7-3)26-16-12-8-4/h17-22,27-28,35-36,41-42,47-50H,5-16,23-26H2,1-4H3/q-2. The van der Waals surface area contributed by atoms with E-state index >= 15 is 0 Å². The lowest BCUT2D eigenvalue weighted by Gasteiger charge is -2.62. The molecule has 0 amide bonds. The number of anilines is 4. The number of nitrogens with zero attached hydrogens (tertiary/aromatic N) is 2. The van der Waals surface area contributed by atoms with Crippen molar-refractivity contribution in [1.29, 1.82) is 0 Å². The van der Waals surface area contributed by atoms with Crippen molar-refractivity contribution in [1.82, 2.24) is 9.97 Å². The van der Waals surface area contributed by atoms with E-state index in [1.165, 1.54) is 51.4 Å². The number of rotatable bonds is 18. The first kappa shape index (κ1) is 36.7. The van der Waals surface area contributed by atoms with E-state index in [0.29, 0.717) is 0 Å². The minimum atomic E-state index is -1.08. The van der Waals surface area contributed by atoms with Crippen molar-refractivity contribution in [2.24, 2.45) is 0 Å². The molecule has 4 heterocycles. The van der Waals surface area contributed by atoms with Crippen molar-refractivity contribution in [3.63, 3.8) is 0 Å². The van der Waals surface area contributed by atoms with E-state index in [9.17, 15) is 10.2 Å². The quantitative estimate of drug-likeness (QED) is 0.0757. The van der Waals surface area contributed by atoms with Gasteiger partial charge in [0, 0.05) is 45.9 Å². The summed E-state index contributed by atoms with van der Waals surface area (Å²) >= 11 is 0. The van der Waals surface area contributed by atoms with Crippen molar-refractivity contribution in [2.45, 2.75) is 166 Å². The van der Waals surface area contributed by atoms with Gasteiger partial charge in [0.1, 0.15) is 11.3 Å². The maximum atomic E-state index is 14.3. The SMILES string of the molecule is CCCCCC1(CCCCC)Nc2ccnc3c(C4C([O-])C(c5ccc6c7c(ccnc57)NC(CCCCC)(CCCCC)N6)C4[O-])ccc(c23)N1. The first-order valence-corrected chi connectivity index (χ1v) is 20.7. The summed E-state index contributed by atoms with van der Waals surface area (Å²) in [6.07, 6.45) is 19.8. The molecule has 2 aromatic carbocycles. The molecule has 7 rings (SSSR count). The Hall–Kier alpha value is -3.62. The van der Waals surface area contributed by atoms with Gasteiger partial charge in [-0.25, -0.2) is 0 Å². The van der Waals surface area contributed by atoms with Gasteiger partial charge in [0.2, 0.25) is 0 Å². The third-order valence-electron chi connectivity index (χ3n) is 12.3. The maximum Gasteiger partial charge on any atom is 0.108 e. The van der Waals surface area contributed by atoms with Crippen LogP contribution in [0.4, 0.5) is 22.7 Å². The predicted molar refractivity (Wildman–Crippen MR) is 213 cm³/mol. The molecule has 8 heteroatoms. The van der Waals surface area contributed by atoms with Crippen LogP contribution in [0.25, 0.3) is 21.8 Å². The zero-order valence-corrected chi connectivity index (χ0v) is 32.0. The lowest BCUT2D eigenvalue weighted by molar-refractivity contribution is -0.535. The highest BCUT2D eigenvalue weighted by Crippen LogP contribution is 2.52. The highest BCUT2D eigenvalue weighted by molar-refractivity contribution is 6.06. The van der Waals surface area contributed by atoms with Crippen LogP contribution in [0.15, 0.2) is 48.8 Å². The summed E-state index contributed by atoms with van der Waals surface area (Å²) in [6, 6.07) is 12.3. The molecule has 0 unspecified atom stereocenters. The molecule has 2 aromatic heterocycles. The largest absolute Gasteiger partial charge is 0.851 e. The molecule has 1 fully saturated rings. The highest BCUT2D eigenvalue weighted by atomic mass is 16.3. The van der Waals surface area contributed by atoms with Gasteiger partial charge in [-0.3, -0.25) is 9.97 Å². The fraction of sp³-hybridized carbons (Fsp3) is 0.591. The summed E-state index contributed by atoms with van der Waals surface area (Å²) in [4.78, 5) is 9.65. The Morgan fingerprint density at radius 2 is 0.808 bits per heavy atom. The number of aromatic nitrogens is 2. The van der Waals surface area contributed by atoms with Crippen LogP contribution in [0.3, 0.4) is 0 Å². The number of pyridine rings is 2. The summed E-state index contributed by atoms with van der Waals surface area (Å²) in [5.41, 5.74) is 6.82. The average molecular weight is 705 g/mol. The minimum absolute atomic E-state index is 0.215. The molecule has 8 nitrogen and oxygen atoms in total. The van der Waals surface area contributed by atoms with Crippen molar-refractivity contribution < 1.29 is 10.2 Å². The molecule has 1 aliphatic carbocycles. The van der Waals surface area contributed by atoms with Gasteiger partial charge in [-0.05, 0) is 98.6 Å². The molecule has 1 saturated carbocycles. The molecule has 4 N–H and O–H groups in total. The molecule has 0 spiro atoms. The van der Waals surface area contributed by atoms with Crippen LogP contribution in [0, 0.1) is 0 Å². The average Bonchev–Trinajstić information content (AvgIpc) is 3.14. The van der Waals surface area contributed by atoms with Gasteiger partial charge in [-0.2, -0.15) is 0 Å². The van der Waals surface area contributed by atoms with Gasteiger partial charge in [0.25, 0.3) is 0 Å². The summed E-state index contributed by atoms with van der Waals surface area (Å²) in [5, 5.41) is 46.2. The maximum absolute atomic E-state index is 14.3. The first-order chi connectivity index (χ1) is 25.4. The normalized spacial score (nSPS) is 22.3. The summed E-state index contributed by atoms with van der Waals surface area (Å²) in [7, 11) is 0. The van der Waals surface area contributed by atoms with Crippen molar-refractivity contribution in [3.05, 3.63) is 59.9 Å². The summed E-state index contributed by atoms with van der Waals surface area (Å²) < 4.78 is 0. The van der Waals surface area contributed by atoms with Crippen LogP contribution in [0.5, 0.6) is 0 Å². The molecule has 0 radical (unpaired) electrons. The summed E-state index contributed by atoms with van der Waals surface area (Å²) in [6.45, 7) is 8.99. The Labute approximate surface area is 311 Å². The van der Waals surface area contributed by atoms with Gasteiger partial charge >= 0.3 is 0 Å². The second-order valence-electron chi connectivity index (χ2n) is 16.0. The molecule has 0 saturated heterocycles. The highest BCUT2D eigenvalue weighted by Gasteiger charge is 2.43. The van der Waals surface area contributed by atoms with Gasteiger partial charge in [-0.1, -0.05) is 91.2 Å². The van der Waals surface area contributed by atoms with Gasteiger partial charge in [0.05, 0.1) is 11.0 Å². The molecule has 2 aliphatic heterocycles. The monoisotopic (exact) mass is 704 g/mol. The van der Waals surface area contributed by atoms with Gasteiger partial charge in [-0.15, -0.1) is 12.2 Å². The smallest absolute Gasteiger partial charge is 0.108 e. The minimum Gasteiger partial charge on any atom is -0.851 e. The van der Waals surface area contributed by atoms with Crippen molar-refractivity contribution in [2.75, 3.05) is 21.3 Å². The third kappa shape index (κ3) is 6.82. The first-order valence-electron chi connectivity index (χ1n) is 20.7. The van der Waals surface area contributed by atoms with Crippen LogP contribution < -0.4 is 31.5 Å². The Balaban J connectivity index is 1.16. The number of hydrogen-bond donors (Lipinski definition) is 4. The van der Waals surface area contributed by atoms with Gasteiger partial charge < -0.3 is 31.5 Å². The van der Waals surface area contributed by atoms with E-state index in [2.05, 4.69) is 73.2 Å². The Kier molecular flexibility index (Phi) is 11.1. The molecule has 280 valence electrons. The Morgan fingerprint density at radius 3 is 1.13 bits per heavy atom. The number of unbranched alkanes of at least 4 members (excludes halogenated alkanes) is 8.